The molecule has 0 spiro atoms. The molecule has 1 aromatic carbocycles. The number of amides is 1. The highest BCUT2D eigenvalue weighted by molar-refractivity contribution is 5.87. The van der Waals surface area contributed by atoms with Gasteiger partial charge in [0.1, 0.15) is 24.1 Å². The third kappa shape index (κ3) is 2.79. The van der Waals surface area contributed by atoms with E-state index in [0.717, 1.165) is 24.2 Å². The number of para-hydroxylation sites is 1. The predicted octanol–water partition coefficient (Wildman–Crippen LogP) is 1.29. The van der Waals surface area contributed by atoms with Crippen molar-refractivity contribution < 1.29 is 14.7 Å². The van der Waals surface area contributed by atoms with E-state index in [0.29, 0.717) is 19.6 Å². The number of fused-ring (bicyclic) bond motifs is 1. The Morgan fingerprint density at radius 2 is 2.19 bits per heavy atom. The molecule has 6 heteroatoms. The van der Waals surface area contributed by atoms with Crippen molar-refractivity contribution in [2.75, 3.05) is 13.2 Å². The van der Waals surface area contributed by atoms with Gasteiger partial charge >= 0.3 is 0 Å². The number of benzene rings is 1. The molecule has 2 aliphatic rings. The molecule has 0 bridgehead atoms. The van der Waals surface area contributed by atoms with Crippen LogP contribution in [-0.2, 0) is 4.79 Å². The maximum atomic E-state index is 12.8. The molecule has 1 atom stereocenters. The fourth-order valence-electron chi connectivity index (χ4n) is 2.71. The van der Waals surface area contributed by atoms with Crippen LogP contribution in [0.25, 0.3) is 0 Å². The lowest BCUT2D eigenvalue weighted by molar-refractivity contribution is -0.133. The summed E-state index contributed by atoms with van der Waals surface area (Å²) in [6, 6.07) is 7.95. The van der Waals surface area contributed by atoms with Crippen molar-refractivity contribution in [2.24, 2.45) is 10.9 Å². The molecular formula is C15H19N3O3. The van der Waals surface area contributed by atoms with Crippen LogP contribution in [0.4, 0.5) is 0 Å². The summed E-state index contributed by atoms with van der Waals surface area (Å²) in [6.07, 6.45) is 2.43. The number of carbonyl (C=O) groups is 1. The van der Waals surface area contributed by atoms with Crippen LogP contribution in [0.3, 0.4) is 0 Å². The minimum absolute atomic E-state index is 0.0770. The van der Waals surface area contributed by atoms with Crippen LogP contribution >= 0.6 is 0 Å². The highest BCUT2D eigenvalue weighted by atomic mass is 16.5. The van der Waals surface area contributed by atoms with Gasteiger partial charge in [0.25, 0.3) is 0 Å². The van der Waals surface area contributed by atoms with E-state index in [2.05, 4.69) is 5.16 Å². The van der Waals surface area contributed by atoms with Gasteiger partial charge in [-0.05, 0) is 18.9 Å². The number of carbonyl (C=O) groups excluding carboxylic acids is 1. The van der Waals surface area contributed by atoms with Gasteiger partial charge in [-0.15, -0.1) is 0 Å². The number of nitrogens with zero attached hydrogens (tertiary/aromatic N) is 2. The first kappa shape index (κ1) is 13.7. The Balaban J connectivity index is 1.73. The number of hydrogen-bond acceptors (Lipinski definition) is 4. The van der Waals surface area contributed by atoms with E-state index >= 15 is 0 Å². The second kappa shape index (κ2) is 5.63. The van der Waals surface area contributed by atoms with Crippen molar-refractivity contribution in [3.63, 3.8) is 0 Å². The Hall–Kier alpha value is -2.24. The first-order chi connectivity index (χ1) is 10.2. The summed E-state index contributed by atoms with van der Waals surface area (Å²) in [7, 11) is 0. The molecular weight excluding hydrogens is 270 g/mol. The lowest BCUT2D eigenvalue weighted by atomic mass is 9.99. The van der Waals surface area contributed by atoms with Gasteiger partial charge in [-0.25, -0.2) is 0 Å². The fourth-order valence-corrected chi connectivity index (χ4v) is 2.71. The Kier molecular flexibility index (Phi) is 3.68. The van der Waals surface area contributed by atoms with Gasteiger partial charge in [-0.2, -0.15) is 0 Å². The van der Waals surface area contributed by atoms with Crippen LogP contribution in [0.15, 0.2) is 29.4 Å². The van der Waals surface area contributed by atoms with Gasteiger partial charge in [-0.1, -0.05) is 23.4 Å². The fraction of sp³-hybridized carbons (Fsp3) is 0.467. The highest BCUT2D eigenvalue weighted by Gasteiger charge is 2.39. The number of hydrogen-bond donors (Lipinski definition) is 2. The second-order valence-electron chi connectivity index (χ2n) is 5.51. The van der Waals surface area contributed by atoms with Crippen LogP contribution in [-0.4, -0.2) is 41.0 Å². The van der Waals surface area contributed by atoms with Crippen LogP contribution in [0.1, 0.15) is 30.7 Å². The molecule has 1 saturated carbocycles. The van der Waals surface area contributed by atoms with E-state index in [1.807, 2.05) is 29.2 Å². The number of ether oxygens (including phenoxy) is 1. The largest absolute Gasteiger partial charge is 0.492 e. The molecule has 1 unspecified atom stereocenters. The molecule has 0 saturated heterocycles. The first-order valence-electron chi connectivity index (χ1n) is 7.19. The van der Waals surface area contributed by atoms with Crippen molar-refractivity contribution in [3.8, 4) is 5.75 Å². The lowest BCUT2D eigenvalue weighted by Gasteiger charge is -2.25. The molecule has 1 heterocycles. The molecule has 3 N–H and O–H groups in total. The predicted molar refractivity (Wildman–Crippen MR) is 77.4 cm³/mol. The monoisotopic (exact) mass is 289 g/mol. The molecule has 0 radical (unpaired) electrons. The number of rotatable bonds is 5. The Morgan fingerprint density at radius 1 is 1.43 bits per heavy atom. The summed E-state index contributed by atoms with van der Waals surface area (Å²) in [6.45, 7) is 0.878. The van der Waals surface area contributed by atoms with Crippen molar-refractivity contribution in [1.82, 2.24) is 4.90 Å². The van der Waals surface area contributed by atoms with Crippen molar-refractivity contribution in [3.05, 3.63) is 29.8 Å². The summed E-state index contributed by atoms with van der Waals surface area (Å²) < 4.78 is 5.59. The van der Waals surface area contributed by atoms with Crippen LogP contribution in [0, 0.1) is 0 Å². The summed E-state index contributed by atoms with van der Waals surface area (Å²) in [5.41, 5.74) is 6.46. The molecule has 0 aromatic heterocycles. The summed E-state index contributed by atoms with van der Waals surface area (Å²) in [5, 5.41) is 11.6. The normalized spacial score (nSPS) is 20.8. The molecule has 21 heavy (non-hydrogen) atoms. The second-order valence-corrected chi connectivity index (χ2v) is 5.51. The van der Waals surface area contributed by atoms with Crippen molar-refractivity contribution in [2.45, 2.75) is 31.2 Å². The summed E-state index contributed by atoms with van der Waals surface area (Å²) in [4.78, 5) is 14.6. The van der Waals surface area contributed by atoms with Gasteiger partial charge in [0.2, 0.25) is 5.91 Å². The molecule has 6 nitrogen and oxygen atoms in total. The number of oxime groups is 1. The zero-order valence-corrected chi connectivity index (χ0v) is 11.7. The van der Waals surface area contributed by atoms with Gasteiger partial charge in [0.15, 0.2) is 0 Å². The topological polar surface area (TPSA) is 88.2 Å². The molecule has 112 valence electrons. The van der Waals surface area contributed by atoms with E-state index in [9.17, 15) is 4.79 Å². The molecule has 1 aromatic rings. The molecule has 1 amide bonds. The van der Waals surface area contributed by atoms with Crippen LogP contribution in [0.5, 0.6) is 5.75 Å². The van der Waals surface area contributed by atoms with Crippen molar-refractivity contribution >= 4 is 11.7 Å². The lowest BCUT2D eigenvalue weighted by Crippen LogP contribution is -2.39. The minimum Gasteiger partial charge on any atom is -0.492 e. The van der Waals surface area contributed by atoms with Crippen LogP contribution < -0.4 is 10.5 Å². The smallest absolute Gasteiger partial charge is 0.233 e. The zero-order valence-electron chi connectivity index (χ0n) is 11.7. The van der Waals surface area contributed by atoms with E-state index in [1.165, 1.54) is 0 Å². The molecule has 1 aliphatic carbocycles. The van der Waals surface area contributed by atoms with Gasteiger partial charge < -0.3 is 20.6 Å². The third-order valence-electron chi connectivity index (χ3n) is 4.01. The standard InChI is InChI=1S/C15H19N3O3/c16-14(17-20)7-8-18(10-5-6-10)15(19)12-9-21-13-4-2-1-3-11(12)13/h1-4,10,12,20H,5-9H2,(H2,16,17). The third-order valence-corrected chi connectivity index (χ3v) is 4.01. The number of amidine groups is 1. The first-order valence-corrected chi connectivity index (χ1v) is 7.19. The summed E-state index contributed by atoms with van der Waals surface area (Å²) in [5.74, 6) is 0.779. The number of nitrogens with two attached hydrogens (primary N) is 1. The van der Waals surface area contributed by atoms with Gasteiger partial charge in [-0.3, -0.25) is 4.79 Å². The minimum atomic E-state index is -0.242. The average Bonchev–Trinajstić information content (AvgIpc) is 3.25. The average molecular weight is 289 g/mol. The Morgan fingerprint density at radius 3 is 2.90 bits per heavy atom. The Bertz CT molecular complexity index is 569. The van der Waals surface area contributed by atoms with E-state index < -0.39 is 0 Å². The van der Waals surface area contributed by atoms with Crippen molar-refractivity contribution in [1.29, 1.82) is 0 Å². The quantitative estimate of drug-likeness (QED) is 0.370. The zero-order chi connectivity index (χ0) is 14.8. The van der Waals surface area contributed by atoms with Crippen LogP contribution in [0.2, 0.25) is 0 Å². The molecule has 3 rings (SSSR count). The van der Waals surface area contributed by atoms with E-state index in [-0.39, 0.29) is 23.7 Å². The molecule has 1 fully saturated rings. The maximum absolute atomic E-state index is 12.8. The molecule has 1 aliphatic heterocycles. The SMILES string of the molecule is NC(CCN(C(=O)C1COc2ccccc21)C1CC1)=NO. The van der Waals surface area contributed by atoms with Gasteiger partial charge in [0.05, 0.1) is 0 Å². The Labute approximate surface area is 123 Å². The highest BCUT2D eigenvalue weighted by Crippen LogP contribution is 2.37. The van der Waals surface area contributed by atoms with E-state index in [4.69, 9.17) is 15.7 Å². The maximum Gasteiger partial charge on any atom is 0.233 e. The van der Waals surface area contributed by atoms with Gasteiger partial charge in [0, 0.05) is 24.6 Å². The van der Waals surface area contributed by atoms with E-state index in [1.54, 1.807) is 0 Å². The summed E-state index contributed by atoms with van der Waals surface area (Å²) >= 11 is 0.